The molecule has 0 radical (unpaired) electrons. The fraction of sp³-hybridized carbons (Fsp3) is 0.316. The molecule has 0 aliphatic rings. The lowest BCUT2D eigenvalue weighted by Crippen LogP contribution is -2.35. The number of carbonyl (C=O) groups excluding carboxylic acids is 2. The standard InChI is InChI=1S/C11H20N6O.C8H9NO3/c12-6-2-1-3-8(14)11(18)17-9-5-4-7(13)10(15)16-9;9-6-3-1-2-4-7(6)12-8(11)5-10/h4-5,8H,1-3,6,12-14H2,(H3,15,16,17,18);1-4,10H,5,9H2. The Bertz CT molecular complexity index is 832. The molecule has 2 rings (SSSR count). The number of aromatic nitrogens is 1. The Balaban J connectivity index is 0.000000325. The Morgan fingerprint density at radius 2 is 1.77 bits per heavy atom. The molecule has 1 unspecified atom stereocenters. The van der Waals surface area contributed by atoms with Gasteiger partial charge in [0.05, 0.1) is 17.4 Å². The molecule has 0 saturated carbocycles. The van der Waals surface area contributed by atoms with Crippen LogP contribution in [0, 0.1) is 0 Å². The van der Waals surface area contributed by atoms with E-state index in [1.54, 1.807) is 36.4 Å². The Morgan fingerprint density at radius 3 is 2.37 bits per heavy atom. The van der Waals surface area contributed by atoms with Crippen molar-refractivity contribution in [2.45, 2.75) is 25.3 Å². The van der Waals surface area contributed by atoms with Crippen LogP contribution in [0.3, 0.4) is 0 Å². The van der Waals surface area contributed by atoms with E-state index in [-0.39, 0.29) is 17.5 Å². The molecule has 164 valence electrons. The van der Waals surface area contributed by atoms with Crippen LogP contribution < -0.4 is 38.7 Å². The first-order valence-corrected chi connectivity index (χ1v) is 9.23. The summed E-state index contributed by atoms with van der Waals surface area (Å²) in [5, 5.41) is 11.0. The number of aliphatic hydroxyl groups excluding tert-OH is 1. The van der Waals surface area contributed by atoms with Crippen LogP contribution in [-0.4, -0.2) is 41.2 Å². The van der Waals surface area contributed by atoms with Gasteiger partial charge in [-0.15, -0.1) is 0 Å². The summed E-state index contributed by atoms with van der Waals surface area (Å²) in [7, 11) is 0. The molecule has 0 fully saturated rings. The Labute approximate surface area is 174 Å². The van der Waals surface area contributed by atoms with Crippen LogP contribution in [0.5, 0.6) is 5.75 Å². The van der Waals surface area contributed by atoms with Crippen LogP contribution in [0.25, 0.3) is 0 Å². The number of nitrogen functional groups attached to an aromatic ring is 3. The monoisotopic (exact) mass is 419 g/mol. The third-order valence-corrected chi connectivity index (χ3v) is 3.79. The number of nitrogens with zero attached hydrogens (tertiary/aromatic N) is 1. The second kappa shape index (κ2) is 12.9. The molecule has 1 amide bonds. The predicted molar refractivity (Wildman–Crippen MR) is 116 cm³/mol. The zero-order chi connectivity index (χ0) is 22.5. The highest BCUT2D eigenvalue weighted by Crippen LogP contribution is 2.19. The van der Waals surface area contributed by atoms with Crippen LogP contribution in [0.2, 0.25) is 0 Å². The fourth-order valence-electron chi connectivity index (χ4n) is 2.14. The lowest BCUT2D eigenvalue weighted by molar-refractivity contribution is -0.137. The number of hydrogen-bond acceptors (Lipinski definition) is 10. The largest absolute Gasteiger partial charge is 0.423 e. The normalized spacial score (nSPS) is 11.0. The molecule has 11 heteroatoms. The van der Waals surface area contributed by atoms with E-state index in [2.05, 4.69) is 15.0 Å². The maximum absolute atomic E-state index is 11.7. The number of carbonyl (C=O) groups is 2. The number of para-hydroxylation sites is 2. The highest BCUT2D eigenvalue weighted by Gasteiger charge is 2.13. The average Bonchev–Trinajstić information content (AvgIpc) is 2.73. The highest BCUT2D eigenvalue weighted by molar-refractivity contribution is 5.94. The Morgan fingerprint density at radius 1 is 1.07 bits per heavy atom. The van der Waals surface area contributed by atoms with Gasteiger partial charge in [0.2, 0.25) is 5.91 Å². The molecule has 0 saturated heterocycles. The minimum Gasteiger partial charge on any atom is -0.423 e. The van der Waals surface area contributed by atoms with Crippen LogP contribution in [-0.2, 0) is 9.59 Å². The minimum absolute atomic E-state index is 0.185. The van der Waals surface area contributed by atoms with Gasteiger partial charge < -0.3 is 43.8 Å². The molecule has 0 aliphatic heterocycles. The van der Waals surface area contributed by atoms with Crippen LogP contribution in [0.4, 0.5) is 23.0 Å². The number of hydrogen-bond donors (Lipinski definition) is 7. The van der Waals surface area contributed by atoms with Crippen molar-refractivity contribution in [3.05, 3.63) is 36.4 Å². The molecule has 1 aromatic heterocycles. The van der Waals surface area contributed by atoms with E-state index in [9.17, 15) is 9.59 Å². The summed E-state index contributed by atoms with van der Waals surface area (Å²) in [6.07, 6.45) is 2.27. The molecule has 11 nitrogen and oxygen atoms in total. The number of unbranched alkanes of at least 4 members (excludes halogenated alkanes) is 1. The molecule has 1 atom stereocenters. The van der Waals surface area contributed by atoms with E-state index in [0.717, 1.165) is 12.8 Å². The summed E-state index contributed by atoms with van der Waals surface area (Å²) >= 11 is 0. The van der Waals surface area contributed by atoms with Crippen LogP contribution in [0.1, 0.15) is 19.3 Å². The number of aliphatic hydroxyl groups is 1. The molecular weight excluding hydrogens is 390 g/mol. The van der Waals surface area contributed by atoms with Gasteiger partial charge in [0.25, 0.3) is 0 Å². The first kappa shape index (κ1) is 24.6. The fourth-order valence-corrected chi connectivity index (χ4v) is 2.14. The lowest BCUT2D eigenvalue weighted by Gasteiger charge is -2.12. The van der Waals surface area contributed by atoms with E-state index in [0.29, 0.717) is 30.2 Å². The average molecular weight is 419 g/mol. The molecule has 0 aliphatic carbocycles. The van der Waals surface area contributed by atoms with E-state index in [4.69, 9.17) is 33.8 Å². The molecule has 12 N–H and O–H groups in total. The van der Waals surface area contributed by atoms with Crippen molar-refractivity contribution < 1.29 is 19.4 Å². The van der Waals surface area contributed by atoms with Gasteiger partial charge in [-0.2, -0.15) is 0 Å². The first-order valence-electron chi connectivity index (χ1n) is 9.23. The number of nitrogens with one attached hydrogen (secondary N) is 1. The number of esters is 1. The molecule has 2 aromatic rings. The highest BCUT2D eigenvalue weighted by atomic mass is 16.5. The maximum atomic E-state index is 11.7. The SMILES string of the molecule is NCCCCC(N)C(=O)Nc1ccc(N)c(N)n1.Nc1ccccc1OC(=O)CO. The van der Waals surface area contributed by atoms with Gasteiger partial charge in [0, 0.05) is 0 Å². The number of rotatable bonds is 8. The van der Waals surface area contributed by atoms with Gasteiger partial charge in [0.15, 0.2) is 5.75 Å². The van der Waals surface area contributed by atoms with Crippen molar-refractivity contribution in [2.24, 2.45) is 11.5 Å². The van der Waals surface area contributed by atoms with Gasteiger partial charge >= 0.3 is 5.97 Å². The van der Waals surface area contributed by atoms with Gasteiger partial charge in [-0.25, -0.2) is 9.78 Å². The summed E-state index contributed by atoms with van der Waals surface area (Å²) < 4.78 is 4.68. The van der Waals surface area contributed by atoms with Crippen molar-refractivity contribution in [3.63, 3.8) is 0 Å². The molecular formula is C19H29N7O4. The second-order valence-electron chi connectivity index (χ2n) is 6.22. The van der Waals surface area contributed by atoms with Crippen molar-refractivity contribution in [2.75, 3.05) is 35.7 Å². The minimum atomic E-state index is -0.715. The summed E-state index contributed by atoms with van der Waals surface area (Å²) in [6.45, 7) is -0.0429. The van der Waals surface area contributed by atoms with Crippen molar-refractivity contribution in [3.8, 4) is 5.75 Å². The molecule has 1 aromatic carbocycles. The summed E-state index contributed by atoms with van der Waals surface area (Å²) in [5.41, 5.74) is 28.4. The first-order chi connectivity index (χ1) is 14.3. The van der Waals surface area contributed by atoms with Crippen LogP contribution >= 0.6 is 0 Å². The summed E-state index contributed by atoms with van der Waals surface area (Å²) in [5.74, 6) is -0.196. The number of ether oxygens (including phenoxy) is 1. The Hall–Kier alpha value is -3.41. The lowest BCUT2D eigenvalue weighted by atomic mass is 10.1. The van der Waals surface area contributed by atoms with Gasteiger partial charge in [-0.3, -0.25) is 4.79 Å². The van der Waals surface area contributed by atoms with Crippen molar-refractivity contribution in [1.29, 1.82) is 0 Å². The van der Waals surface area contributed by atoms with E-state index in [1.807, 2.05) is 0 Å². The number of anilines is 4. The third-order valence-electron chi connectivity index (χ3n) is 3.79. The van der Waals surface area contributed by atoms with Gasteiger partial charge in [-0.1, -0.05) is 18.6 Å². The van der Waals surface area contributed by atoms with Crippen molar-refractivity contribution in [1.82, 2.24) is 4.98 Å². The zero-order valence-electron chi connectivity index (χ0n) is 16.6. The zero-order valence-corrected chi connectivity index (χ0v) is 16.6. The molecule has 0 bridgehead atoms. The Kier molecular flexibility index (Phi) is 10.6. The maximum Gasteiger partial charge on any atom is 0.337 e. The van der Waals surface area contributed by atoms with Gasteiger partial charge in [-0.05, 0) is 43.7 Å². The van der Waals surface area contributed by atoms with E-state index < -0.39 is 18.6 Å². The molecule has 30 heavy (non-hydrogen) atoms. The topological polar surface area (TPSA) is 219 Å². The second-order valence-corrected chi connectivity index (χ2v) is 6.22. The number of pyridine rings is 1. The third kappa shape index (κ3) is 8.73. The molecule has 0 spiro atoms. The van der Waals surface area contributed by atoms with Crippen LogP contribution in [0.15, 0.2) is 36.4 Å². The van der Waals surface area contributed by atoms with Gasteiger partial charge in [0.1, 0.15) is 18.2 Å². The number of amides is 1. The van der Waals surface area contributed by atoms with E-state index >= 15 is 0 Å². The summed E-state index contributed by atoms with van der Waals surface area (Å²) in [6, 6.07) is 9.18. The smallest absolute Gasteiger partial charge is 0.337 e. The predicted octanol–water partition coefficient (Wildman–Crippen LogP) is -0.193. The van der Waals surface area contributed by atoms with E-state index in [1.165, 1.54) is 0 Å². The number of nitrogens with two attached hydrogens (primary N) is 5. The molecule has 1 heterocycles. The number of benzene rings is 1. The quantitative estimate of drug-likeness (QED) is 0.129. The van der Waals surface area contributed by atoms with Crippen molar-refractivity contribution >= 4 is 34.9 Å². The summed E-state index contributed by atoms with van der Waals surface area (Å²) in [4.78, 5) is 26.3.